The number of nitrogens with one attached hydrogen (secondary N) is 1. The van der Waals surface area contributed by atoms with Gasteiger partial charge in [0.1, 0.15) is 5.82 Å². The van der Waals surface area contributed by atoms with Crippen LogP contribution < -0.4 is 10.2 Å². The number of hydrogen-bond donors (Lipinski definition) is 1. The summed E-state index contributed by atoms with van der Waals surface area (Å²) in [6, 6.07) is 6.53. The molecule has 0 saturated carbocycles. The molecule has 1 aromatic heterocycles. The van der Waals surface area contributed by atoms with Gasteiger partial charge in [-0.2, -0.15) is 0 Å². The second-order valence-corrected chi connectivity index (χ2v) is 7.54. The second kappa shape index (κ2) is 7.54. The number of rotatable bonds is 4. The molecular formula is C19H24FN3OS. The van der Waals surface area contributed by atoms with Crippen molar-refractivity contribution in [2.24, 2.45) is 0 Å². The van der Waals surface area contributed by atoms with E-state index in [4.69, 9.17) is 0 Å². The third-order valence-corrected chi connectivity index (χ3v) is 5.73. The van der Waals surface area contributed by atoms with Crippen LogP contribution in [0.1, 0.15) is 33.8 Å². The number of piperazine rings is 1. The molecule has 1 aliphatic rings. The largest absolute Gasteiger partial charge is 0.369 e. The van der Waals surface area contributed by atoms with Crippen molar-refractivity contribution in [3.05, 3.63) is 51.5 Å². The zero-order valence-electron chi connectivity index (χ0n) is 14.9. The van der Waals surface area contributed by atoms with Gasteiger partial charge in [-0.3, -0.25) is 4.79 Å². The standard InChI is InChI=1S/C19H24FN3OS/c1-13-6-11-25-18(13)19(24)21-14(2)16-12-15(20)4-5-17(16)23-9-7-22(3)8-10-23/h4-6,11-12,14H,7-10H2,1-3H3,(H,21,24). The maximum absolute atomic E-state index is 13.9. The lowest BCUT2D eigenvalue weighted by Crippen LogP contribution is -2.45. The van der Waals surface area contributed by atoms with Crippen LogP contribution in [0.3, 0.4) is 0 Å². The Morgan fingerprint density at radius 2 is 1.96 bits per heavy atom. The van der Waals surface area contributed by atoms with Crippen LogP contribution in [0.15, 0.2) is 29.6 Å². The molecule has 25 heavy (non-hydrogen) atoms. The minimum absolute atomic E-state index is 0.103. The Balaban J connectivity index is 1.81. The molecular weight excluding hydrogens is 337 g/mol. The molecule has 2 aromatic rings. The normalized spacial score (nSPS) is 16.7. The summed E-state index contributed by atoms with van der Waals surface area (Å²) in [6.45, 7) is 7.60. The molecule has 1 fully saturated rings. The highest BCUT2D eigenvalue weighted by Crippen LogP contribution is 2.29. The first-order chi connectivity index (χ1) is 12.0. The Morgan fingerprint density at radius 3 is 2.60 bits per heavy atom. The van der Waals surface area contributed by atoms with Crippen molar-refractivity contribution in [2.45, 2.75) is 19.9 Å². The van der Waals surface area contributed by atoms with Gasteiger partial charge in [-0.15, -0.1) is 11.3 Å². The first-order valence-corrected chi connectivity index (χ1v) is 9.41. The van der Waals surface area contributed by atoms with Gasteiger partial charge in [-0.25, -0.2) is 4.39 Å². The fourth-order valence-corrected chi connectivity index (χ4v) is 3.98. The molecule has 1 amide bonds. The molecule has 0 bridgehead atoms. The van der Waals surface area contributed by atoms with Crippen LogP contribution in [-0.4, -0.2) is 44.0 Å². The van der Waals surface area contributed by atoms with Crippen molar-refractivity contribution in [1.82, 2.24) is 10.2 Å². The van der Waals surface area contributed by atoms with Crippen LogP contribution >= 0.6 is 11.3 Å². The summed E-state index contributed by atoms with van der Waals surface area (Å²) in [5.74, 6) is -0.380. The number of amides is 1. The summed E-state index contributed by atoms with van der Waals surface area (Å²) in [4.78, 5) is 17.8. The van der Waals surface area contributed by atoms with Crippen LogP contribution in [0.2, 0.25) is 0 Å². The van der Waals surface area contributed by atoms with E-state index in [-0.39, 0.29) is 17.8 Å². The monoisotopic (exact) mass is 361 g/mol. The average molecular weight is 361 g/mol. The predicted octanol–water partition coefficient (Wildman–Crippen LogP) is 3.44. The van der Waals surface area contributed by atoms with Gasteiger partial charge in [-0.05, 0) is 56.1 Å². The maximum atomic E-state index is 13.9. The predicted molar refractivity (Wildman–Crippen MR) is 101 cm³/mol. The smallest absolute Gasteiger partial charge is 0.262 e. The van der Waals surface area contributed by atoms with E-state index in [0.717, 1.165) is 43.0 Å². The maximum Gasteiger partial charge on any atom is 0.262 e. The van der Waals surface area contributed by atoms with E-state index < -0.39 is 0 Å². The number of carbonyl (C=O) groups is 1. The van der Waals surface area contributed by atoms with E-state index in [9.17, 15) is 9.18 Å². The lowest BCUT2D eigenvalue weighted by atomic mass is 10.0. The molecule has 0 spiro atoms. The summed E-state index contributed by atoms with van der Waals surface area (Å²) in [5.41, 5.74) is 2.80. The van der Waals surface area contributed by atoms with E-state index >= 15 is 0 Å². The van der Waals surface area contributed by atoms with Gasteiger partial charge in [0.15, 0.2) is 0 Å². The van der Waals surface area contributed by atoms with Crippen molar-refractivity contribution < 1.29 is 9.18 Å². The first-order valence-electron chi connectivity index (χ1n) is 8.53. The van der Waals surface area contributed by atoms with E-state index in [1.54, 1.807) is 6.07 Å². The number of carbonyl (C=O) groups excluding carboxylic acids is 1. The van der Waals surface area contributed by atoms with Crippen LogP contribution in [0.5, 0.6) is 0 Å². The van der Waals surface area contributed by atoms with Crippen molar-refractivity contribution in [2.75, 3.05) is 38.1 Å². The molecule has 1 atom stereocenters. The highest BCUT2D eigenvalue weighted by Gasteiger charge is 2.22. The molecule has 1 saturated heterocycles. The molecule has 3 rings (SSSR count). The van der Waals surface area contributed by atoms with E-state index in [1.807, 2.05) is 31.4 Å². The molecule has 6 heteroatoms. The molecule has 134 valence electrons. The lowest BCUT2D eigenvalue weighted by molar-refractivity contribution is 0.0943. The topological polar surface area (TPSA) is 35.6 Å². The van der Waals surface area contributed by atoms with E-state index in [1.165, 1.54) is 17.4 Å². The highest BCUT2D eigenvalue weighted by atomic mass is 32.1. The number of anilines is 1. The van der Waals surface area contributed by atoms with E-state index in [0.29, 0.717) is 4.88 Å². The van der Waals surface area contributed by atoms with Crippen LogP contribution in [0.25, 0.3) is 0 Å². The van der Waals surface area contributed by atoms with E-state index in [2.05, 4.69) is 22.2 Å². The van der Waals surface area contributed by atoms with Crippen molar-refractivity contribution in [1.29, 1.82) is 0 Å². The number of likely N-dealkylation sites (N-methyl/N-ethyl adjacent to an activating group) is 1. The van der Waals surface area contributed by atoms with Gasteiger partial charge in [0.05, 0.1) is 10.9 Å². The summed E-state index contributed by atoms with van der Waals surface area (Å²) in [5, 5.41) is 4.93. The number of thiophene rings is 1. The quantitative estimate of drug-likeness (QED) is 0.906. The summed E-state index contributed by atoms with van der Waals surface area (Å²) < 4.78 is 13.9. The summed E-state index contributed by atoms with van der Waals surface area (Å²) in [7, 11) is 2.11. The molecule has 0 aliphatic carbocycles. The number of nitrogens with zero attached hydrogens (tertiary/aromatic N) is 2. The third kappa shape index (κ3) is 4.02. The fourth-order valence-electron chi connectivity index (χ4n) is 3.15. The van der Waals surface area contributed by atoms with Crippen molar-refractivity contribution >= 4 is 22.9 Å². The number of hydrogen-bond acceptors (Lipinski definition) is 4. The molecule has 4 nitrogen and oxygen atoms in total. The summed E-state index contributed by atoms with van der Waals surface area (Å²) in [6.07, 6.45) is 0. The molecule has 0 radical (unpaired) electrons. The van der Waals surface area contributed by atoms with Crippen LogP contribution in [-0.2, 0) is 0 Å². The Kier molecular flexibility index (Phi) is 5.39. The Hall–Kier alpha value is -1.92. The molecule has 1 unspecified atom stereocenters. The fraction of sp³-hybridized carbons (Fsp3) is 0.421. The van der Waals surface area contributed by atoms with Crippen LogP contribution in [0, 0.1) is 12.7 Å². The molecule has 1 N–H and O–H groups in total. The number of benzene rings is 1. The third-order valence-electron chi connectivity index (χ3n) is 4.72. The van der Waals surface area contributed by atoms with Gasteiger partial charge in [0, 0.05) is 37.4 Å². The van der Waals surface area contributed by atoms with Crippen molar-refractivity contribution in [3.63, 3.8) is 0 Å². The molecule has 1 aliphatic heterocycles. The minimum atomic E-state index is -0.277. The Labute approximate surface area is 152 Å². The average Bonchev–Trinajstić information content (AvgIpc) is 3.02. The Bertz CT molecular complexity index is 753. The van der Waals surface area contributed by atoms with Gasteiger partial charge < -0.3 is 15.1 Å². The van der Waals surface area contributed by atoms with Crippen LogP contribution in [0.4, 0.5) is 10.1 Å². The highest BCUT2D eigenvalue weighted by molar-refractivity contribution is 7.12. The zero-order chi connectivity index (χ0) is 18.0. The van der Waals surface area contributed by atoms with Gasteiger partial charge in [0.25, 0.3) is 5.91 Å². The van der Waals surface area contributed by atoms with Gasteiger partial charge >= 0.3 is 0 Å². The Morgan fingerprint density at radius 1 is 1.24 bits per heavy atom. The number of halogens is 1. The molecule has 1 aromatic carbocycles. The summed E-state index contributed by atoms with van der Waals surface area (Å²) >= 11 is 1.43. The van der Waals surface area contributed by atoms with Crippen molar-refractivity contribution in [3.8, 4) is 0 Å². The zero-order valence-corrected chi connectivity index (χ0v) is 15.7. The first kappa shape index (κ1) is 17.9. The van der Waals surface area contributed by atoms with Gasteiger partial charge in [0.2, 0.25) is 0 Å². The minimum Gasteiger partial charge on any atom is -0.369 e. The molecule has 2 heterocycles. The van der Waals surface area contributed by atoms with Gasteiger partial charge in [-0.1, -0.05) is 0 Å². The number of aryl methyl sites for hydroxylation is 1. The second-order valence-electron chi connectivity index (χ2n) is 6.62. The lowest BCUT2D eigenvalue weighted by Gasteiger charge is -2.36. The SMILES string of the molecule is Cc1ccsc1C(=O)NC(C)c1cc(F)ccc1N1CCN(C)CC1.